The van der Waals surface area contributed by atoms with E-state index in [1.165, 1.54) is 11.1 Å². The molecule has 6 nitrogen and oxygen atoms in total. The molecule has 1 amide bonds. The van der Waals surface area contributed by atoms with Gasteiger partial charge in [-0.2, -0.15) is 0 Å². The summed E-state index contributed by atoms with van der Waals surface area (Å²) in [5.41, 5.74) is 5.19. The van der Waals surface area contributed by atoms with Gasteiger partial charge in [0.05, 0.1) is 18.2 Å². The smallest absolute Gasteiger partial charge is 0.257 e. The third-order valence-electron chi connectivity index (χ3n) is 6.22. The number of nitrogens with zero attached hydrogens (tertiary/aromatic N) is 3. The Kier molecular flexibility index (Phi) is 5.88. The fourth-order valence-electron chi connectivity index (χ4n) is 4.56. The highest BCUT2D eigenvalue weighted by molar-refractivity contribution is 5.98. The van der Waals surface area contributed by atoms with Crippen LogP contribution in [0.2, 0.25) is 0 Å². The molecule has 0 fully saturated rings. The number of amides is 1. The average molecular weight is 430 g/mol. The lowest BCUT2D eigenvalue weighted by Crippen LogP contribution is -2.44. The highest BCUT2D eigenvalue weighted by atomic mass is 16.5. The number of pyridine rings is 1. The fraction of sp³-hybridized carbons (Fsp3) is 0.308. The van der Waals surface area contributed by atoms with Crippen molar-refractivity contribution in [1.82, 2.24) is 14.8 Å². The van der Waals surface area contributed by atoms with E-state index in [2.05, 4.69) is 34.1 Å². The predicted molar refractivity (Wildman–Crippen MR) is 123 cm³/mol. The molecule has 0 bridgehead atoms. The molecule has 5 rings (SSSR count). The van der Waals surface area contributed by atoms with Gasteiger partial charge in [-0.1, -0.05) is 36.4 Å². The Bertz CT molecular complexity index is 1100. The van der Waals surface area contributed by atoms with Crippen molar-refractivity contribution in [2.45, 2.75) is 19.1 Å². The minimum atomic E-state index is -0.611. The van der Waals surface area contributed by atoms with Crippen LogP contribution in [0.25, 0.3) is 11.1 Å². The molecule has 1 N–H and O–H groups in total. The van der Waals surface area contributed by atoms with Crippen LogP contribution in [0.3, 0.4) is 0 Å². The summed E-state index contributed by atoms with van der Waals surface area (Å²) in [6.07, 6.45) is 3.91. The number of rotatable bonds is 5. The normalized spacial score (nSPS) is 17.2. The number of ether oxygens (including phenoxy) is 1. The van der Waals surface area contributed by atoms with E-state index in [9.17, 15) is 9.90 Å². The van der Waals surface area contributed by atoms with E-state index in [0.29, 0.717) is 37.6 Å². The molecule has 32 heavy (non-hydrogen) atoms. The highest BCUT2D eigenvalue weighted by Gasteiger charge is 2.27. The minimum Gasteiger partial charge on any atom is -0.491 e. The number of benzene rings is 2. The first-order valence-electron chi connectivity index (χ1n) is 11.1. The molecule has 0 saturated heterocycles. The quantitative estimate of drug-likeness (QED) is 0.676. The summed E-state index contributed by atoms with van der Waals surface area (Å²) in [7, 11) is 0. The van der Waals surface area contributed by atoms with Crippen molar-refractivity contribution in [3.63, 3.8) is 0 Å². The molecule has 0 saturated carbocycles. The van der Waals surface area contributed by atoms with Gasteiger partial charge in [0.2, 0.25) is 0 Å². The molecule has 1 aromatic heterocycles. The molecule has 0 spiro atoms. The molecule has 0 radical (unpaired) electrons. The van der Waals surface area contributed by atoms with Gasteiger partial charge in [-0.15, -0.1) is 0 Å². The predicted octanol–water partition coefficient (Wildman–Crippen LogP) is 3.00. The van der Waals surface area contributed by atoms with E-state index in [4.69, 9.17) is 4.74 Å². The molecule has 1 atom stereocenters. The molecule has 3 aromatic rings. The number of hydrogen-bond acceptors (Lipinski definition) is 5. The molecule has 2 aliphatic heterocycles. The SMILES string of the molecule is O=C1c2ccc(-c3cccnc3)cc2OCCN1CC(O)CN1CCc2ccccc2C1. The van der Waals surface area contributed by atoms with Crippen LogP contribution in [0.5, 0.6) is 5.75 Å². The topological polar surface area (TPSA) is 65.9 Å². The second-order valence-electron chi connectivity index (χ2n) is 8.46. The summed E-state index contributed by atoms with van der Waals surface area (Å²) < 4.78 is 5.91. The van der Waals surface area contributed by atoms with E-state index in [1.807, 2.05) is 30.3 Å². The van der Waals surface area contributed by atoms with Crippen LogP contribution in [0.1, 0.15) is 21.5 Å². The highest BCUT2D eigenvalue weighted by Crippen LogP contribution is 2.29. The summed E-state index contributed by atoms with van der Waals surface area (Å²) in [6, 6.07) is 18.0. The van der Waals surface area contributed by atoms with Crippen LogP contribution in [-0.4, -0.2) is 64.7 Å². The number of aliphatic hydroxyl groups excluding tert-OH is 1. The Labute approximate surface area is 188 Å². The van der Waals surface area contributed by atoms with Crippen molar-refractivity contribution in [2.75, 3.05) is 32.8 Å². The first-order valence-corrected chi connectivity index (χ1v) is 11.1. The van der Waals surface area contributed by atoms with Crippen LogP contribution in [-0.2, 0) is 13.0 Å². The van der Waals surface area contributed by atoms with E-state index < -0.39 is 6.10 Å². The zero-order valence-electron chi connectivity index (χ0n) is 18.0. The number of β-amino-alcohol motifs (C(OH)–C–C–N with tert-alkyl or cyclic N) is 1. The Morgan fingerprint density at radius 2 is 1.88 bits per heavy atom. The Hall–Kier alpha value is -3.22. The van der Waals surface area contributed by atoms with Gasteiger partial charge < -0.3 is 14.7 Å². The first-order chi connectivity index (χ1) is 15.7. The van der Waals surface area contributed by atoms with Gasteiger partial charge in [-0.05, 0) is 41.3 Å². The molecular weight excluding hydrogens is 402 g/mol. The van der Waals surface area contributed by atoms with Crippen molar-refractivity contribution in [3.8, 4) is 16.9 Å². The van der Waals surface area contributed by atoms with Crippen LogP contribution >= 0.6 is 0 Å². The number of carbonyl (C=O) groups excluding carboxylic acids is 1. The molecule has 2 aromatic carbocycles. The van der Waals surface area contributed by atoms with Crippen molar-refractivity contribution in [3.05, 3.63) is 83.7 Å². The van der Waals surface area contributed by atoms with Crippen molar-refractivity contribution < 1.29 is 14.6 Å². The first kappa shape index (κ1) is 20.7. The van der Waals surface area contributed by atoms with Gasteiger partial charge in [-0.25, -0.2) is 0 Å². The van der Waals surface area contributed by atoms with Gasteiger partial charge in [0.25, 0.3) is 5.91 Å². The van der Waals surface area contributed by atoms with Gasteiger partial charge >= 0.3 is 0 Å². The van der Waals surface area contributed by atoms with Crippen LogP contribution < -0.4 is 4.74 Å². The average Bonchev–Trinajstić information content (AvgIpc) is 2.98. The summed E-state index contributed by atoms with van der Waals surface area (Å²) in [5.74, 6) is 0.485. The standard InChI is InChI=1S/C26H27N3O3/c30-23(17-28-11-9-19-4-1-2-5-22(19)16-28)18-29-12-13-32-25-14-20(7-8-24(25)26(29)31)21-6-3-10-27-15-21/h1-8,10,14-15,23,30H,9,11-13,16-18H2. The molecule has 6 heteroatoms. The number of fused-ring (bicyclic) bond motifs is 2. The lowest BCUT2D eigenvalue weighted by molar-refractivity contribution is 0.0501. The number of aromatic nitrogens is 1. The summed E-state index contributed by atoms with van der Waals surface area (Å²) in [4.78, 5) is 21.3. The minimum absolute atomic E-state index is 0.0988. The van der Waals surface area contributed by atoms with Gasteiger partial charge in [0, 0.05) is 44.1 Å². The Morgan fingerprint density at radius 3 is 2.72 bits per heavy atom. The van der Waals surface area contributed by atoms with Gasteiger partial charge in [0.1, 0.15) is 12.4 Å². The summed E-state index contributed by atoms with van der Waals surface area (Å²) >= 11 is 0. The van der Waals surface area contributed by atoms with Gasteiger partial charge in [0.15, 0.2) is 0 Å². The maximum Gasteiger partial charge on any atom is 0.257 e. The maximum atomic E-state index is 13.2. The van der Waals surface area contributed by atoms with Crippen LogP contribution in [0.15, 0.2) is 67.0 Å². The van der Waals surface area contributed by atoms with Gasteiger partial charge in [-0.3, -0.25) is 14.7 Å². The summed E-state index contributed by atoms with van der Waals surface area (Å²) in [6.45, 7) is 3.46. The monoisotopic (exact) mass is 429 g/mol. The maximum absolute atomic E-state index is 13.2. The number of aliphatic hydroxyl groups is 1. The van der Waals surface area contributed by atoms with E-state index in [-0.39, 0.29) is 5.91 Å². The molecule has 164 valence electrons. The molecule has 2 aliphatic rings. The van der Waals surface area contributed by atoms with Crippen molar-refractivity contribution >= 4 is 5.91 Å². The zero-order valence-corrected chi connectivity index (χ0v) is 18.0. The number of hydrogen-bond donors (Lipinski definition) is 1. The lowest BCUT2D eigenvalue weighted by atomic mass is 10.00. The van der Waals surface area contributed by atoms with Crippen molar-refractivity contribution in [1.29, 1.82) is 0 Å². The van der Waals surface area contributed by atoms with E-state index >= 15 is 0 Å². The lowest BCUT2D eigenvalue weighted by Gasteiger charge is -2.32. The third kappa shape index (κ3) is 4.38. The van der Waals surface area contributed by atoms with Crippen LogP contribution in [0, 0.1) is 0 Å². The fourth-order valence-corrected chi connectivity index (χ4v) is 4.56. The largest absolute Gasteiger partial charge is 0.491 e. The van der Waals surface area contributed by atoms with E-state index in [1.54, 1.807) is 17.3 Å². The molecule has 0 aliphatic carbocycles. The van der Waals surface area contributed by atoms with E-state index in [0.717, 1.165) is 30.6 Å². The van der Waals surface area contributed by atoms with Crippen LogP contribution in [0.4, 0.5) is 0 Å². The zero-order chi connectivity index (χ0) is 21.9. The number of carbonyl (C=O) groups is 1. The summed E-state index contributed by atoms with van der Waals surface area (Å²) in [5, 5.41) is 10.8. The van der Waals surface area contributed by atoms with Crippen molar-refractivity contribution in [2.24, 2.45) is 0 Å². The molecule has 1 unspecified atom stereocenters. The Balaban J connectivity index is 1.25. The molecule has 3 heterocycles. The molecular formula is C26H27N3O3. The second kappa shape index (κ2) is 9.10. The second-order valence-corrected chi connectivity index (χ2v) is 8.46. The Morgan fingerprint density at radius 1 is 1.00 bits per heavy atom. The third-order valence-corrected chi connectivity index (χ3v) is 6.22.